The molecule has 1 aromatic heterocycles. The van der Waals surface area contributed by atoms with Crippen LogP contribution < -0.4 is 5.32 Å². The number of aliphatic hydroxyl groups is 1. The van der Waals surface area contributed by atoms with Gasteiger partial charge in [-0.3, -0.25) is 9.29 Å². The van der Waals surface area contributed by atoms with Crippen LogP contribution in [-0.4, -0.2) is 54.9 Å². The average molecular weight is 551 g/mol. The Morgan fingerprint density at radius 3 is 2.51 bits per heavy atom. The smallest absolute Gasteiger partial charge is 0.270 e. The average Bonchev–Trinajstić information content (AvgIpc) is 3.24. The van der Waals surface area contributed by atoms with Crippen LogP contribution in [-0.2, 0) is 6.42 Å². The zero-order valence-electron chi connectivity index (χ0n) is 22.0. The number of rotatable bonds is 11. The summed E-state index contributed by atoms with van der Waals surface area (Å²) in [5, 5.41) is 13.0. The van der Waals surface area contributed by atoms with Crippen LogP contribution in [0.4, 0.5) is 27.6 Å². The fraction of sp³-hybridized carbons (Fsp3) is 0.533. The summed E-state index contributed by atoms with van der Waals surface area (Å²) in [4.78, 5) is 2.08. The summed E-state index contributed by atoms with van der Waals surface area (Å²) in [6.07, 6.45) is 1.01. The summed E-state index contributed by atoms with van der Waals surface area (Å²) in [7, 11) is 0. The molecule has 4 nitrogen and oxygen atoms in total. The number of hydrogen-bond acceptors (Lipinski definition) is 4. The standard InChI is InChI=1S/C30H35F5N2O2/c1-18-12-23-22-6-2-3-8-26(22)39-29(23)27(21(18)7-4-9-30(34,35)17-38)28-24(32)13-19(14-25(28)33)36-20-15-37(16-20)11-5-10-31/h2-3,6,8,13-14,18,20-21,27,36,38H,4-5,7,9-12,15-17H2,1H3/t18-,21?,27-/m0/s1. The zero-order valence-corrected chi connectivity index (χ0v) is 22.0. The largest absolute Gasteiger partial charge is 0.460 e. The minimum Gasteiger partial charge on any atom is -0.460 e. The number of aliphatic hydroxyl groups excluding tert-OH is 1. The van der Waals surface area contributed by atoms with Crippen LogP contribution in [0.25, 0.3) is 11.0 Å². The normalized spacial score (nSPS) is 22.2. The lowest BCUT2D eigenvalue weighted by atomic mass is 9.67. The Labute approximate surface area is 225 Å². The predicted molar refractivity (Wildman–Crippen MR) is 141 cm³/mol. The third-order valence-corrected chi connectivity index (χ3v) is 8.33. The molecule has 2 aliphatic rings. The molecule has 0 amide bonds. The fourth-order valence-corrected chi connectivity index (χ4v) is 6.38. The minimum atomic E-state index is -3.19. The van der Waals surface area contributed by atoms with Crippen LogP contribution in [0, 0.1) is 23.5 Å². The van der Waals surface area contributed by atoms with Crippen molar-refractivity contribution in [3.8, 4) is 0 Å². The molecular weight excluding hydrogens is 515 g/mol. The first kappa shape index (κ1) is 27.9. The second kappa shape index (κ2) is 11.5. The van der Waals surface area contributed by atoms with Crippen LogP contribution in [0.3, 0.4) is 0 Å². The quantitative estimate of drug-likeness (QED) is 0.255. The maximum atomic E-state index is 15.8. The van der Waals surface area contributed by atoms with E-state index in [1.165, 1.54) is 12.1 Å². The van der Waals surface area contributed by atoms with E-state index in [-0.39, 0.29) is 36.5 Å². The molecule has 0 bridgehead atoms. The van der Waals surface area contributed by atoms with Crippen LogP contribution >= 0.6 is 0 Å². The van der Waals surface area contributed by atoms with E-state index in [0.717, 1.165) is 10.9 Å². The minimum absolute atomic E-state index is 0.0203. The molecule has 2 heterocycles. The number of nitrogens with zero attached hydrogens (tertiary/aromatic N) is 1. The van der Waals surface area contributed by atoms with Crippen molar-refractivity contribution in [2.45, 2.75) is 56.9 Å². The molecule has 5 rings (SSSR count). The van der Waals surface area contributed by atoms with Crippen LogP contribution in [0.15, 0.2) is 40.8 Å². The van der Waals surface area contributed by atoms with Crippen LogP contribution in [0.1, 0.15) is 55.4 Å². The van der Waals surface area contributed by atoms with Crippen molar-refractivity contribution in [2.75, 3.05) is 38.2 Å². The molecule has 3 atom stereocenters. The van der Waals surface area contributed by atoms with E-state index >= 15 is 8.78 Å². The summed E-state index contributed by atoms with van der Waals surface area (Å²) < 4.78 is 77.8. The maximum Gasteiger partial charge on any atom is 0.270 e. The number of hydrogen-bond donors (Lipinski definition) is 2. The van der Waals surface area contributed by atoms with Crippen molar-refractivity contribution in [3.63, 3.8) is 0 Å². The topological polar surface area (TPSA) is 48.6 Å². The molecule has 0 spiro atoms. The molecule has 1 aliphatic carbocycles. The van der Waals surface area contributed by atoms with Gasteiger partial charge in [0.25, 0.3) is 5.92 Å². The first-order valence-electron chi connectivity index (χ1n) is 13.7. The molecule has 1 unspecified atom stereocenters. The molecule has 1 aliphatic heterocycles. The number of para-hydroxylation sites is 1. The number of anilines is 1. The Bertz CT molecular complexity index is 1270. The molecule has 0 saturated carbocycles. The Kier molecular flexibility index (Phi) is 8.19. The SMILES string of the molecule is C[C@H]1Cc2c(oc3ccccc23)[C@H](c2c(F)cc(NC3CN(CCCF)C3)cc2F)C1CCCC(F)(F)CO. The van der Waals surface area contributed by atoms with Gasteiger partial charge in [0.2, 0.25) is 0 Å². The van der Waals surface area contributed by atoms with Gasteiger partial charge in [0.05, 0.1) is 18.6 Å². The van der Waals surface area contributed by atoms with E-state index in [2.05, 4.69) is 10.2 Å². The highest BCUT2D eigenvalue weighted by Crippen LogP contribution is 2.50. The van der Waals surface area contributed by atoms with E-state index in [9.17, 15) is 13.2 Å². The van der Waals surface area contributed by atoms with Gasteiger partial charge in [-0.1, -0.05) is 25.1 Å². The third-order valence-electron chi connectivity index (χ3n) is 8.33. The van der Waals surface area contributed by atoms with Gasteiger partial charge in [-0.2, -0.15) is 0 Å². The first-order valence-corrected chi connectivity index (χ1v) is 13.7. The Balaban J connectivity index is 1.45. The Morgan fingerprint density at radius 2 is 1.82 bits per heavy atom. The highest BCUT2D eigenvalue weighted by Gasteiger charge is 2.42. The molecule has 9 heteroatoms. The van der Waals surface area contributed by atoms with Crippen molar-refractivity contribution in [1.29, 1.82) is 0 Å². The van der Waals surface area contributed by atoms with Crippen LogP contribution in [0.2, 0.25) is 0 Å². The number of halogens is 5. The van der Waals surface area contributed by atoms with E-state index in [1.807, 2.05) is 31.2 Å². The Hall–Kier alpha value is -2.65. The van der Waals surface area contributed by atoms with E-state index in [1.54, 1.807) is 0 Å². The Morgan fingerprint density at radius 1 is 1.10 bits per heavy atom. The summed E-state index contributed by atoms with van der Waals surface area (Å²) in [5.74, 6) is -5.24. The number of nitrogens with one attached hydrogen (secondary N) is 1. The van der Waals surface area contributed by atoms with Gasteiger partial charge in [0.1, 0.15) is 29.6 Å². The second-order valence-corrected chi connectivity index (χ2v) is 11.2. The molecule has 39 heavy (non-hydrogen) atoms. The second-order valence-electron chi connectivity index (χ2n) is 11.2. The van der Waals surface area contributed by atoms with Gasteiger partial charge in [0.15, 0.2) is 0 Å². The zero-order chi connectivity index (χ0) is 27.7. The van der Waals surface area contributed by atoms with Crippen molar-refractivity contribution in [2.24, 2.45) is 11.8 Å². The van der Waals surface area contributed by atoms with Gasteiger partial charge in [-0.15, -0.1) is 0 Å². The fourth-order valence-electron chi connectivity index (χ4n) is 6.38. The van der Waals surface area contributed by atoms with Gasteiger partial charge < -0.3 is 14.8 Å². The molecule has 0 radical (unpaired) electrons. The lowest BCUT2D eigenvalue weighted by molar-refractivity contribution is -0.0589. The maximum absolute atomic E-state index is 15.8. The molecule has 1 fully saturated rings. The number of benzene rings is 2. The highest BCUT2D eigenvalue weighted by molar-refractivity contribution is 5.83. The first-order chi connectivity index (χ1) is 18.7. The molecule has 3 aromatic rings. The number of alkyl halides is 3. The van der Waals surface area contributed by atoms with Crippen molar-refractivity contribution in [1.82, 2.24) is 4.90 Å². The van der Waals surface area contributed by atoms with Gasteiger partial charge in [-0.05, 0) is 55.7 Å². The number of fused-ring (bicyclic) bond motifs is 3. The summed E-state index contributed by atoms with van der Waals surface area (Å²) in [6.45, 7) is 2.40. The van der Waals surface area contributed by atoms with Crippen molar-refractivity contribution >= 4 is 16.7 Å². The van der Waals surface area contributed by atoms with E-state index in [4.69, 9.17) is 9.52 Å². The summed E-state index contributed by atoms with van der Waals surface area (Å²) in [6, 6.07) is 10.1. The number of furan rings is 1. The molecule has 2 N–H and O–H groups in total. The monoisotopic (exact) mass is 550 g/mol. The van der Waals surface area contributed by atoms with Crippen LogP contribution in [0.5, 0.6) is 0 Å². The lowest BCUT2D eigenvalue weighted by Gasteiger charge is -2.40. The van der Waals surface area contributed by atoms with Crippen molar-refractivity contribution in [3.05, 3.63) is 64.9 Å². The molecule has 1 saturated heterocycles. The predicted octanol–water partition coefficient (Wildman–Crippen LogP) is 6.90. The van der Waals surface area contributed by atoms with Crippen molar-refractivity contribution < 1.29 is 31.5 Å². The van der Waals surface area contributed by atoms with E-state index < -0.39 is 36.5 Å². The number of likely N-dealkylation sites (tertiary alicyclic amines) is 1. The third kappa shape index (κ3) is 5.80. The van der Waals surface area contributed by atoms with Gasteiger partial charge in [0, 0.05) is 48.3 Å². The highest BCUT2D eigenvalue weighted by atomic mass is 19.3. The van der Waals surface area contributed by atoms with Gasteiger partial charge in [-0.25, -0.2) is 17.6 Å². The van der Waals surface area contributed by atoms with Gasteiger partial charge >= 0.3 is 0 Å². The molecule has 212 valence electrons. The summed E-state index contributed by atoms with van der Waals surface area (Å²) >= 11 is 0. The van der Waals surface area contributed by atoms with E-state index in [0.29, 0.717) is 55.9 Å². The molecule has 2 aromatic carbocycles. The lowest BCUT2D eigenvalue weighted by Crippen LogP contribution is -2.54. The summed E-state index contributed by atoms with van der Waals surface area (Å²) in [5.41, 5.74) is 1.76. The molecular formula is C30H35F5N2O2.